The molecule has 0 radical (unpaired) electrons. The van der Waals surface area contributed by atoms with Crippen LogP contribution in [0.3, 0.4) is 0 Å². The number of benzene rings is 1. The number of hydrogen-bond acceptors (Lipinski definition) is 5. The highest BCUT2D eigenvalue weighted by atomic mass is 32.2. The van der Waals surface area contributed by atoms with Crippen LogP contribution in [0.4, 0.5) is 0 Å². The third kappa shape index (κ3) is 3.40. The molecule has 1 unspecified atom stereocenters. The number of ether oxygens (including phenoxy) is 1. The Balaban J connectivity index is 2.03. The van der Waals surface area contributed by atoms with Crippen molar-refractivity contribution in [2.45, 2.75) is 11.8 Å². The Bertz CT molecular complexity index is 844. The predicted molar refractivity (Wildman–Crippen MR) is 95.7 cm³/mol. The zero-order valence-corrected chi connectivity index (χ0v) is 14.6. The fraction of sp³-hybridized carbons (Fsp3) is 0.250. The lowest BCUT2D eigenvalue weighted by molar-refractivity contribution is 0.336. The second kappa shape index (κ2) is 6.72. The Morgan fingerprint density at radius 2 is 2.17 bits per heavy atom. The molecule has 7 heteroatoms. The van der Waals surface area contributed by atoms with Gasteiger partial charge in [0.05, 0.1) is 23.4 Å². The number of pyridine rings is 1. The Labute approximate surface area is 142 Å². The van der Waals surface area contributed by atoms with Crippen LogP contribution in [0.25, 0.3) is 22.6 Å². The summed E-state index contributed by atoms with van der Waals surface area (Å²) in [7, 11) is -0.898. The van der Waals surface area contributed by atoms with Gasteiger partial charge in [0.1, 0.15) is 11.6 Å². The molecule has 0 spiro atoms. The van der Waals surface area contributed by atoms with Gasteiger partial charge in [-0.05, 0) is 30.7 Å². The minimum absolute atomic E-state index is 0.367. The van der Waals surface area contributed by atoms with Crippen molar-refractivity contribution in [2.24, 2.45) is 0 Å². The Morgan fingerprint density at radius 3 is 2.91 bits per heavy atom. The maximum atomic E-state index is 11.2. The second-order valence-electron chi connectivity index (χ2n) is 5.19. The normalized spacial score (nSPS) is 12.5. The van der Waals surface area contributed by atoms with Gasteiger partial charge >= 0.3 is 0 Å². The topological polar surface area (TPSA) is 67.9 Å². The lowest BCUT2D eigenvalue weighted by Gasteiger charge is -2.14. The minimum atomic E-state index is -0.898. The zero-order valence-electron chi connectivity index (χ0n) is 12.9. The average Bonchev–Trinajstić information content (AvgIpc) is 2.95. The maximum absolute atomic E-state index is 11.2. The molecule has 1 atom stereocenters. The molecule has 2 aromatic heterocycles. The minimum Gasteiger partial charge on any atom is -0.491 e. The van der Waals surface area contributed by atoms with Gasteiger partial charge in [-0.15, -0.1) is 12.6 Å². The molecule has 0 bridgehead atoms. The number of H-pyrrole nitrogens is 1. The Hall–Kier alpha value is -1.86. The van der Waals surface area contributed by atoms with E-state index in [9.17, 15) is 4.21 Å². The van der Waals surface area contributed by atoms with Gasteiger partial charge in [-0.3, -0.25) is 4.21 Å². The van der Waals surface area contributed by atoms with Crippen molar-refractivity contribution in [1.29, 1.82) is 0 Å². The molecule has 0 aliphatic rings. The monoisotopic (exact) mass is 347 g/mol. The third-order valence-corrected chi connectivity index (χ3v) is 4.76. The average molecular weight is 347 g/mol. The third-order valence-electron chi connectivity index (χ3n) is 3.46. The number of nitrogens with zero attached hydrogens (tertiary/aromatic N) is 2. The van der Waals surface area contributed by atoms with Gasteiger partial charge in [0.2, 0.25) is 0 Å². The predicted octanol–water partition coefficient (Wildman–Crippen LogP) is 2.98. The number of aromatic nitrogens is 3. The summed E-state index contributed by atoms with van der Waals surface area (Å²) in [6.45, 7) is 2.34. The standard InChI is InChI=1S/C16H17N3O2S2/c1-10-5-6-11(13(14(10)22)21-8-9-23(2)20)15-18-12-4-3-7-17-16(12)19-15/h3-7,22H,8-9H2,1-2H3,(H,17,18,19). The highest BCUT2D eigenvalue weighted by Crippen LogP contribution is 2.36. The molecule has 3 aromatic rings. The molecule has 3 rings (SSSR count). The van der Waals surface area contributed by atoms with Crippen molar-refractivity contribution in [3.8, 4) is 17.1 Å². The summed E-state index contributed by atoms with van der Waals surface area (Å²) in [4.78, 5) is 12.8. The van der Waals surface area contributed by atoms with Crippen molar-refractivity contribution in [3.63, 3.8) is 0 Å². The molecule has 120 valence electrons. The van der Waals surface area contributed by atoms with E-state index in [0.717, 1.165) is 21.5 Å². The molecule has 0 saturated heterocycles. The number of imidazole rings is 1. The maximum Gasteiger partial charge on any atom is 0.178 e. The lowest BCUT2D eigenvalue weighted by atomic mass is 10.1. The summed E-state index contributed by atoms with van der Waals surface area (Å²) in [5, 5.41) is 0. The molecule has 1 N–H and O–H groups in total. The number of fused-ring (bicyclic) bond motifs is 1. The van der Waals surface area contributed by atoms with E-state index in [-0.39, 0.29) is 0 Å². The molecule has 0 fully saturated rings. The van der Waals surface area contributed by atoms with E-state index >= 15 is 0 Å². The number of rotatable bonds is 5. The summed E-state index contributed by atoms with van der Waals surface area (Å²) < 4.78 is 17.1. The number of aryl methyl sites for hydroxylation is 1. The van der Waals surface area contributed by atoms with Crippen LogP contribution in [0, 0.1) is 6.92 Å². The Morgan fingerprint density at radius 1 is 1.35 bits per heavy atom. The van der Waals surface area contributed by atoms with Crippen LogP contribution < -0.4 is 4.74 Å². The van der Waals surface area contributed by atoms with E-state index in [1.807, 2.05) is 31.2 Å². The zero-order chi connectivity index (χ0) is 16.4. The smallest absolute Gasteiger partial charge is 0.178 e. The molecule has 0 aliphatic carbocycles. The Kier molecular flexibility index (Phi) is 4.68. The van der Waals surface area contributed by atoms with Gasteiger partial charge in [-0.1, -0.05) is 6.07 Å². The van der Waals surface area contributed by atoms with Crippen LogP contribution in [0.1, 0.15) is 5.56 Å². The fourth-order valence-electron chi connectivity index (χ4n) is 2.24. The van der Waals surface area contributed by atoms with Crippen molar-refractivity contribution in [1.82, 2.24) is 15.0 Å². The molecule has 23 heavy (non-hydrogen) atoms. The van der Waals surface area contributed by atoms with E-state index in [1.165, 1.54) is 0 Å². The van der Waals surface area contributed by atoms with Crippen molar-refractivity contribution < 1.29 is 8.95 Å². The summed E-state index contributed by atoms with van der Waals surface area (Å²) in [5.41, 5.74) is 3.35. The molecular formula is C16H17N3O2S2. The van der Waals surface area contributed by atoms with E-state index in [0.29, 0.717) is 29.6 Å². The number of nitrogens with one attached hydrogen (secondary N) is 1. The molecule has 0 aliphatic heterocycles. The molecule has 2 heterocycles. The van der Waals surface area contributed by atoms with E-state index in [4.69, 9.17) is 4.74 Å². The van der Waals surface area contributed by atoms with E-state index in [2.05, 4.69) is 27.6 Å². The van der Waals surface area contributed by atoms with Gasteiger partial charge in [-0.2, -0.15) is 0 Å². The summed E-state index contributed by atoms with van der Waals surface area (Å²) >= 11 is 4.56. The summed E-state index contributed by atoms with van der Waals surface area (Å²) in [6, 6.07) is 7.71. The highest BCUT2D eigenvalue weighted by molar-refractivity contribution is 7.84. The summed E-state index contributed by atoms with van der Waals surface area (Å²) in [5.74, 6) is 1.81. The highest BCUT2D eigenvalue weighted by Gasteiger charge is 2.16. The van der Waals surface area contributed by atoms with Crippen molar-refractivity contribution >= 4 is 34.6 Å². The number of hydrogen-bond donors (Lipinski definition) is 2. The van der Waals surface area contributed by atoms with Gasteiger partial charge in [-0.25, -0.2) is 9.97 Å². The van der Waals surface area contributed by atoms with Crippen LogP contribution in [0.5, 0.6) is 5.75 Å². The second-order valence-corrected chi connectivity index (χ2v) is 7.20. The lowest BCUT2D eigenvalue weighted by Crippen LogP contribution is -2.08. The van der Waals surface area contributed by atoms with Crippen molar-refractivity contribution in [3.05, 3.63) is 36.0 Å². The first-order chi connectivity index (χ1) is 11.1. The van der Waals surface area contributed by atoms with Crippen LogP contribution >= 0.6 is 12.6 Å². The van der Waals surface area contributed by atoms with Crippen LogP contribution in [-0.4, -0.2) is 37.8 Å². The number of thiol groups is 1. The van der Waals surface area contributed by atoms with E-state index in [1.54, 1.807) is 12.5 Å². The van der Waals surface area contributed by atoms with Crippen LogP contribution in [0.15, 0.2) is 35.4 Å². The van der Waals surface area contributed by atoms with Gasteiger partial charge in [0, 0.05) is 28.1 Å². The molecule has 0 amide bonds. The molecule has 1 aromatic carbocycles. The van der Waals surface area contributed by atoms with Gasteiger partial charge < -0.3 is 9.72 Å². The van der Waals surface area contributed by atoms with Crippen LogP contribution in [-0.2, 0) is 10.8 Å². The molecule has 0 saturated carbocycles. The van der Waals surface area contributed by atoms with E-state index < -0.39 is 10.8 Å². The first-order valence-corrected chi connectivity index (χ1v) is 9.30. The SMILES string of the molecule is Cc1ccc(-c2nc3ncccc3[nH]2)c(OCCS(C)=O)c1S. The fourth-order valence-corrected chi connectivity index (χ4v) is 2.81. The van der Waals surface area contributed by atoms with Crippen LogP contribution in [0.2, 0.25) is 0 Å². The quantitative estimate of drug-likeness (QED) is 0.696. The largest absolute Gasteiger partial charge is 0.491 e. The van der Waals surface area contributed by atoms with Gasteiger partial charge in [0.25, 0.3) is 0 Å². The summed E-state index contributed by atoms with van der Waals surface area (Å²) in [6.07, 6.45) is 3.37. The van der Waals surface area contributed by atoms with Gasteiger partial charge in [0.15, 0.2) is 5.65 Å². The molecular weight excluding hydrogens is 330 g/mol. The number of aromatic amines is 1. The first-order valence-electron chi connectivity index (χ1n) is 7.13. The molecule has 5 nitrogen and oxygen atoms in total. The first kappa shape index (κ1) is 16.0. The van der Waals surface area contributed by atoms with Crippen molar-refractivity contribution in [2.75, 3.05) is 18.6 Å².